The smallest absolute Gasteiger partial charge is 0.303 e. The molecular formula is C41H58ClN5O9. The summed E-state index contributed by atoms with van der Waals surface area (Å²) in [6.07, 6.45) is 9.67. The minimum Gasteiger partial charge on any atom is -0.506 e. The molecule has 3 aromatic rings. The van der Waals surface area contributed by atoms with Crippen LogP contribution < -0.4 is 19.5 Å². The fraction of sp³-hybridized carbons (Fsp3) is 0.585. The molecule has 2 heterocycles. The Morgan fingerprint density at radius 1 is 0.786 bits per heavy atom. The second-order valence-corrected chi connectivity index (χ2v) is 14.1. The van der Waals surface area contributed by atoms with E-state index < -0.39 is 5.97 Å². The van der Waals surface area contributed by atoms with Crippen molar-refractivity contribution >= 4 is 39.8 Å². The van der Waals surface area contributed by atoms with Gasteiger partial charge in [-0.15, -0.1) is 0 Å². The predicted molar refractivity (Wildman–Crippen MR) is 216 cm³/mol. The second kappa shape index (κ2) is 25.2. The Morgan fingerprint density at radius 3 is 2.02 bits per heavy atom. The third kappa shape index (κ3) is 15.1. The van der Waals surface area contributed by atoms with Crippen molar-refractivity contribution in [1.29, 1.82) is 5.26 Å². The average Bonchev–Trinajstić information content (AvgIpc) is 3.20. The number of carboxylic acid groups (broad SMARTS) is 1. The topological polar surface area (TPSA) is 168 Å². The van der Waals surface area contributed by atoms with Gasteiger partial charge in [-0.3, -0.25) is 9.78 Å². The molecule has 0 saturated carbocycles. The molecule has 308 valence electrons. The van der Waals surface area contributed by atoms with Gasteiger partial charge in [-0.1, -0.05) is 30.9 Å². The third-order valence-electron chi connectivity index (χ3n) is 9.58. The number of ether oxygens (including phenoxy) is 6. The molecule has 15 heteroatoms. The van der Waals surface area contributed by atoms with E-state index in [1.807, 2.05) is 6.07 Å². The zero-order valence-corrected chi connectivity index (χ0v) is 33.6. The number of anilines is 2. The van der Waals surface area contributed by atoms with Crippen molar-refractivity contribution in [2.45, 2.75) is 57.8 Å². The van der Waals surface area contributed by atoms with Crippen LogP contribution in [-0.2, 0) is 19.0 Å². The van der Waals surface area contributed by atoms with Gasteiger partial charge in [0.1, 0.15) is 17.6 Å². The summed E-state index contributed by atoms with van der Waals surface area (Å²) >= 11 is 6.16. The number of fused-ring (bicyclic) bond motifs is 1. The number of nitriles is 1. The van der Waals surface area contributed by atoms with Gasteiger partial charge >= 0.3 is 5.97 Å². The largest absolute Gasteiger partial charge is 0.506 e. The van der Waals surface area contributed by atoms with Gasteiger partial charge in [0.15, 0.2) is 11.5 Å². The molecule has 0 radical (unpaired) electrons. The molecule has 4 rings (SSSR count). The van der Waals surface area contributed by atoms with Crippen LogP contribution in [0.1, 0.15) is 63.4 Å². The summed E-state index contributed by atoms with van der Waals surface area (Å²) in [6.45, 7) is 10.5. The Labute approximate surface area is 335 Å². The van der Waals surface area contributed by atoms with E-state index in [0.717, 1.165) is 71.6 Å². The van der Waals surface area contributed by atoms with Gasteiger partial charge < -0.3 is 53.8 Å². The highest BCUT2D eigenvalue weighted by Crippen LogP contribution is 2.41. The Kier molecular flexibility index (Phi) is 20.1. The molecule has 0 amide bonds. The number of aromatic nitrogens is 1. The molecule has 1 saturated heterocycles. The quantitative estimate of drug-likeness (QED) is 0.0514. The van der Waals surface area contributed by atoms with Crippen LogP contribution in [0.25, 0.3) is 10.9 Å². The SMILES string of the molecule is COc1cc(Nc2c(C#N)cnc3cc(OCCCN4CCN(CCCCCCOCCOCCOCCCCCC(=O)O)CC4)c(OC)cc23)c(O)cc1Cl. The standard InChI is InChI=1S/C41H58ClN5O9/c1-51-37-28-35(36(48)26-33(37)42)45-41-31(29-43)30-44-34-27-39(38(52-2)25-32(34)41)56-20-10-13-47-16-14-46(15-17-47)12-7-3-4-8-18-53-21-23-55-24-22-54-19-9-5-6-11-40(49)50/h25-28,30,48H,3-24H2,1-2H3,(H,44,45)(H,49,50). The Balaban J connectivity index is 1.05. The van der Waals surface area contributed by atoms with Crippen LogP contribution in [0, 0.1) is 11.3 Å². The molecule has 0 bridgehead atoms. The fourth-order valence-electron chi connectivity index (χ4n) is 6.42. The van der Waals surface area contributed by atoms with E-state index in [1.54, 1.807) is 19.2 Å². The number of carbonyl (C=O) groups is 1. The van der Waals surface area contributed by atoms with Crippen LogP contribution in [0.15, 0.2) is 30.5 Å². The monoisotopic (exact) mass is 799 g/mol. The van der Waals surface area contributed by atoms with Crippen molar-refractivity contribution in [1.82, 2.24) is 14.8 Å². The molecule has 1 fully saturated rings. The Hall–Kier alpha value is -4.10. The first-order valence-electron chi connectivity index (χ1n) is 19.6. The highest BCUT2D eigenvalue weighted by molar-refractivity contribution is 6.32. The van der Waals surface area contributed by atoms with Gasteiger partial charge in [-0.2, -0.15) is 5.26 Å². The zero-order valence-electron chi connectivity index (χ0n) is 32.9. The van der Waals surface area contributed by atoms with Crippen LogP contribution in [0.3, 0.4) is 0 Å². The van der Waals surface area contributed by atoms with Crippen LogP contribution in [0.4, 0.5) is 11.4 Å². The van der Waals surface area contributed by atoms with Crippen LogP contribution in [-0.4, -0.2) is 131 Å². The molecule has 1 aliphatic heterocycles. The van der Waals surface area contributed by atoms with Gasteiger partial charge in [-0.05, 0) is 44.7 Å². The van der Waals surface area contributed by atoms with Crippen molar-refractivity contribution in [2.75, 3.05) is 105 Å². The van der Waals surface area contributed by atoms with E-state index in [9.17, 15) is 15.2 Å². The maximum absolute atomic E-state index is 10.5. The number of piperazine rings is 1. The molecule has 0 unspecified atom stereocenters. The fourth-order valence-corrected chi connectivity index (χ4v) is 6.66. The summed E-state index contributed by atoms with van der Waals surface area (Å²) in [5.41, 5.74) is 1.69. The molecule has 1 aliphatic rings. The van der Waals surface area contributed by atoms with Gasteiger partial charge in [0.2, 0.25) is 0 Å². The third-order valence-corrected chi connectivity index (χ3v) is 9.88. The number of halogens is 1. The number of unbranched alkanes of at least 4 members (excludes halogenated alkanes) is 5. The number of benzene rings is 2. The van der Waals surface area contributed by atoms with E-state index in [1.165, 1.54) is 38.6 Å². The lowest BCUT2D eigenvalue weighted by Gasteiger charge is -2.34. The van der Waals surface area contributed by atoms with Crippen LogP contribution in [0.2, 0.25) is 5.02 Å². The van der Waals surface area contributed by atoms with E-state index in [-0.39, 0.29) is 17.2 Å². The van der Waals surface area contributed by atoms with E-state index in [2.05, 4.69) is 26.2 Å². The van der Waals surface area contributed by atoms with Gasteiger partial charge in [0, 0.05) is 82.1 Å². The molecule has 0 aliphatic carbocycles. The number of carboxylic acids is 1. The lowest BCUT2D eigenvalue weighted by atomic mass is 10.1. The summed E-state index contributed by atoms with van der Waals surface area (Å²) < 4.78 is 33.9. The van der Waals surface area contributed by atoms with E-state index >= 15 is 0 Å². The first kappa shape index (κ1) is 44.6. The normalized spacial score (nSPS) is 13.5. The summed E-state index contributed by atoms with van der Waals surface area (Å²) in [7, 11) is 3.06. The molecule has 2 aromatic carbocycles. The highest BCUT2D eigenvalue weighted by Gasteiger charge is 2.19. The summed E-state index contributed by atoms with van der Waals surface area (Å²) in [4.78, 5) is 20.0. The molecular weight excluding hydrogens is 742 g/mol. The average molecular weight is 800 g/mol. The number of aromatic hydroxyl groups is 1. The minimum absolute atomic E-state index is 0.0917. The van der Waals surface area contributed by atoms with Gasteiger partial charge in [0.05, 0.1) is 74.7 Å². The lowest BCUT2D eigenvalue weighted by Crippen LogP contribution is -2.46. The number of phenols is 1. The van der Waals surface area contributed by atoms with Crippen molar-refractivity contribution in [3.05, 3.63) is 41.0 Å². The van der Waals surface area contributed by atoms with E-state index in [0.29, 0.717) is 91.2 Å². The van der Waals surface area contributed by atoms with Gasteiger partial charge in [0.25, 0.3) is 0 Å². The van der Waals surface area contributed by atoms with Crippen molar-refractivity contribution in [2.24, 2.45) is 0 Å². The Morgan fingerprint density at radius 2 is 1.39 bits per heavy atom. The number of hydrogen-bond acceptors (Lipinski definition) is 13. The first-order valence-corrected chi connectivity index (χ1v) is 20.0. The number of pyridine rings is 1. The van der Waals surface area contributed by atoms with E-state index in [4.69, 9.17) is 45.1 Å². The number of phenolic OH excluding ortho intramolecular Hbond substituents is 1. The maximum atomic E-state index is 10.5. The number of methoxy groups -OCH3 is 2. The number of hydrogen-bond donors (Lipinski definition) is 3. The maximum Gasteiger partial charge on any atom is 0.303 e. The van der Waals surface area contributed by atoms with Crippen molar-refractivity contribution in [3.63, 3.8) is 0 Å². The van der Waals surface area contributed by atoms with Crippen molar-refractivity contribution in [3.8, 4) is 29.1 Å². The molecule has 0 atom stereocenters. The molecule has 1 aromatic heterocycles. The van der Waals surface area contributed by atoms with Crippen molar-refractivity contribution < 1.29 is 43.4 Å². The van der Waals surface area contributed by atoms with Gasteiger partial charge in [-0.25, -0.2) is 0 Å². The second-order valence-electron chi connectivity index (χ2n) is 13.6. The summed E-state index contributed by atoms with van der Waals surface area (Å²) in [6, 6.07) is 8.72. The first-order chi connectivity index (χ1) is 27.3. The Bertz CT molecular complexity index is 1680. The molecule has 3 N–H and O–H groups in total. The van der Waals surface area contributed by atoms with Crippen LogP contribution >= 0.6 is 11.6 Å². The molecule has 56 heavy (non-hydrogen) atoms. The number of nitrogens with one attached hydrogen (secondary N) is 1. The number of rotatable bonds is 28. The summed E-state index contributed by atoms with van der Waals surface area (Å²) in [5, 5.41) is 33.1. The lowest BCUT2D eigenvalue weighted by molar-refractivity contribution is -0.137. The predicted octanol–water partition coefficient (Wildman–Crippen LogP) is 6.87. The molecule has 14 nitrogen and oxygen atoms in total. The van der Waals surface area contributed by atoms with Crippen LogP contribution in [0.5, 0.6) is 23.0 Å². The number of nitrogens with zero attached hydrogens (tertiary/aromatic N) is 4. The zero-order chi connectivity index (χ0) is 40.0. The number of aliphatic carboxylic acids is 1. The highest BCUT2D eigenvalue weighted by atomic mass is 35.5. The minimum atomic E-state index is -0.742. The molecule has 0 spiro atoms. The summed E-state index contributed by atoms with van der Waals surface area (Å²) in [5.74, 6) is 0.629.